The van der Waals surface area contributed by atoms with Gasteiger partial charge in [-0.3, -0.25) is 4.79 Å². The number of ether oxygens (including phenoxy) is 3. The van der Waals surface area contributed by atoms with E-state index in [2.05, 4.69) is 9.97 Å². The van der Waals surface area contributed by atoms with E-state index in [9.17, 15) is 4.79 Å². The number of carbonyl (C=O) groups excluding carboxylic acids is 1. The van der Waals surface area contributed by atoms with E-state index in [1.807, 2.05) is 0 Å². The van der Waals surface area contributed by atoms with Crippen molar-refractivity contribution in [2.24, 2.45) is 0 Å². The van der Waals surface area contributed by atoms with Gasteiger partial charge in [-0.05, 0) is 19.3 Å². The molecule has 7 nitrogen and oxygen atoms in total. The van der Waals surface area contributed by atoms with Gasteiger partial charge in [0.15, 0.2) is 0 Å². The van der Waals surface area contributed by atoms with Crippen LogP contribution in [0.2, 0.25) is 0 Å². The van der Waals surface area contributed by atoms with Crippen molar-refractivity contribution in [3.63, 3.8) is 0 Å². The molecule has 2 rings (SSSR count). The fourth-order valence-corrected chi connectivity index (χ4v) is 2.48. The van der Waals surface area contributed by atoms with Gasteiger partial charge in [0.05, 0.1) is 20.3 Å². The van der Waals surface area contributed by atoms with Gasteiger partial charge in [-0.1, -0.05) is 0 Å². The van der Waals surface area contributed by atoms with Crippen molar-refractivity contribution in [1.82, 2.24) is 14.9 Å². The van der Waals surface area contributed by atoms with E-state index in [0.29, 0.717) is 12.8 Å². The predicted molar refractivity (Wildman–Crippen MR) is 75.9 cm³/mol. The maximum absolute atomic E-state index is 15.0. The normalized spacial score (nSPS) is 24.0. The summed E-state index contributed by atoms with van der Waals surface area (Å²) in [7, 11) is 5.92. The van der Waals surface area contributed by atoms with Gasteiger partial charge in [0.2, 0.25) is 17.4 Å². The Morgan fingerprint density at radius 3 is 2.41 bits per heavy atom. The maximum Gasteiger partial charge on any atom is 0.323 e. The number of alkyl halides is 1. The fraction of sp³-hybridized carbons (Fsp3) is 0.643. The molecular formula is C14H20FN3O4. The molecule has 1 aliphatic carbocycles. The number of nitrogens with zero attached hydrogens (tertiary/aromatic N) is 3. The molecule has 0 radical (unpaired) electrons. The van der Waals surface area contributed by atoms with Gasteiger partial charge in [0.25, 0.3) is 5.91 Å². The molecule has 1 saturated carbocycles. The number of carbonyl (C=O) groups is 1. The zero-order valence-electron chi connectivity index (χ0n) is 13.1. The van der Waals surface area contributed by atoms with E-state index in [1.165, 1.54) is 39.3 Å². The molecule has 1 aliphatic rings. The lowest BCUT2D eigenvalue weighted by Crippen LogP contribution is -2.50. The van der Waals surface area contributed by atoms with Crippen molar-refractivity contribution in [3.05, 3.63) is 6.07 Å². The second-order valence-electron chi connectivity index (χ2n) is 5.30. The van der Waals surface area contributed by atoms with Crippen LogP contribution in [-0.4, -0.2) is 60.9 Å². The number of rotatable bonds is 5. The molecule has 122 valence electrons. The van der Waals surface area contributed by atoms with E-state index in [1.54, 1.807) is 0 Å². The smallest absolute Gasteiger partial charge is 0.323 e. The second kappa shape index (κ2) is 6.33. The average Bonchev–Trinajstić information content (AvgIpc) is 2.88. The summed E-state index contributed by atoms with van der Waals surface area (Å²) in [5, 5.41) is 0. The monoisotopic (exact) mass is 313 g/mol. The number of hydrogen-bond acceptors (Lipinski definition) is 6. The molecule has 2 unspecified atom stereocenters. The molecule has 22 heavy (non-hydrogen) atoms. The molecule has 0 bridgehead atoms. The van der Waals surface area contributed by atoms with Crippen LogP contribution in [0.15, 0.2) is 6.07 Å². The topological polar surface area (TPSA) is 73.8 Å². The lowest BCUT2D eigenvalue weighted by atomic mass is 10.0. The number of halogens is 1. The highest BCUT2D eigenvalue weighted by molar-refractivity contribution is 5.86. The van der Waals surface area contributed by atoms with Crippen LogP contribution < -0.4 is 14.2 Å². The van der Waals surface area contributed by atoms with Crippen LogP contribution in [0.1, 0.15) is 19.3 Å². The molecule has 8 heteroatoms. The highest BCUT2D eigenvalue weighted by atomic mass is 19.1. The third-order valence-electron chi connectivity index (χ3n) is 3.60. The zero-order chi connectivity index (χ0) is 16.3. The second-order valence-corrected chi connectivity index (χ2v) is 5.30. The molecule has 1 fully saturated rings. The summed E-state index contributed by atoms with van der Waals surface area (Å²) in [6.45, 7) is 0. The Balaban J connectivity index is 2.24. The summed E-state index contributed by atoms with van der Waals surface area (Å²) in [6.07, 6.45) is 0.163. The van der Waals surface area contributed by atoms with E-state index in [0.717, 1.165) is 0 Å². The summed E-state index contributed by atoms with van der Waals surface area (Å²) in [5.41, 5.74) is -2.07. The van der Waals surface area contributed by atoms with Gasteiger partial charge < -0.3 is 19.1 Å². The Morgan fingerprint density at radius 1 is 1.32 bits per heavy atom. The Bertz CT molecular complexity index is 533. The van der Waals surface area contributed by atoms with Gasteiger partial charge in [-0.25, -0.2) is 4.39 Å². The third kappa shape index (κ3) is 3.05. The van der Waals surface area contributed by atoms with Crippen LogP contribution in [0.5, 0.6) is 17.8 Å². The van der Waals surface area contributed by atoms with Gasteiger partial charge in [0, 0.05) is 14.1 Å². The van der Waals surface area contributed by atoms with Gasteiger partial charge in [-0.15, -0.1) is 0 Å². The highest BCUT2D eigenvalue weighted by Crippen LogP contribution is 2.37. The van der Waals surface area contributed by atoms with Crippen LogP contribution in [-0.2, 0) is 4.79 Å². The first-order valence-electron chi connectivity index (χ1n) is 6.95. The highest BCUT2D eigenvalue weighted by Gasteiger charge is 2.52. The summed E-state index contributed by atoms with van der Waals surface area (Å²) in [4.78, 5) is 21.3. The Morgan fingerprint density at radius 2 is 1.91 bits per heavy atom. The standard InChI is InChI=1S/C14H20FN3O4/c1-18(2)12(19)14(15)7-5-6-9(14)22-13-16-10(20-3)8-11(17-13)21-4/h8-9H,5-7H2,1-4H3. The summed E-state index contributed by atoms with van der Waals surface area (Å²) in [5.74, 6) is -0.128. The summed E-state index contributed by atoms with van der Waals surface area (Å²) >= 11 is 0. The van der Waals surface area contributed by atoms with Crippen molar-refractivity contribution in [2.75, 3.05) is 28.3 Å². The minimum Gasteiger partial charge on any atom is -0.481 e. The van der Waals surface area contributed by atoms with Gasteiger partial charge in [-0.2, -0.15) is 9.97 Å². The number of amides is 1. The van der Waals surface area contributed by atoms with Crippen LogP contribution in [0, 0.1) is 0 Å². The van der Waals surface area contributed by atoms with E-state index in [-0.39, 0.29) is 24.2 Å². The fourth-order valence-electron chi connectivity index (χ4n) is 2.48. The number of hydrogen-bond donors (Lipinski definition) is 0. The van der Waals surface area contributed by atoms with Crippen molar-refractivity contribution in [1.29, 1.82) is 0 Å². The first kappa shape index (κ1) is 16.3. The Kier molecular flexibility index (Phi) is 4.68. The van der Waals surface area contributed by atoms with Gasteiger partial charge in [0.1, 0.15) is 6.10 Å². The van der Waals surface area contributed by atoms with E-state index >= 15 is 4.39 Å². The molecule has 2 atom stereocenters. The van der Waals surface area contributed by atoms with Crippen molar-refractivity contribution in [2.45, 2.75) is 31.0 Å². The molecule has 0 spiro atoms. The van der Waals surface area contributed by atoms with Crippen molar-refractivity contribution < 1.29 is 23.4 Å². The van der Waals surface area contributed by atoms with Crippen LogP contribution in [0.25, 0.3) is 0 Å². The molecule has 0 saturated heterocycles. The molecule has 1 amide bonds. The van der Waals surface area contributed by atoms with E-state index < -0.39 is 17.7 Å². The predicted octanol–water partition coefficient (Wildman–Crippen LogP) is 1.22. The summed E-state index contributed by atoms with van der Waals surface area (Å²) < 4.78 is 30.6. The van der Waals surface area contributed by atoms with Crippen molar-refractivity contribution in [3.8, 4) is 17.8 Å². The van der Waals surface area contributed by atoms with E-state index in [4.69, 9.17) is 14.2 Å². The number of aromatic nitrogens is 2. The third-order valence-corrected chi connectivity index (χ3v) is 3.60. The lowest BCUT2D eigenvalue weighted by molar-refractivity contribution is -0.146. The first-order chi connectivity index (χ1) is 10.4. The van der Waals surface area contributed by atoms with Crippen LogP contribution in [0.4, 0.5) is 4.39 Å². The molecule has 1 heterocycles. The van der Waals surface area contributed by atoms with Crippen molar-refractivity contribution >= 4 is 5.91 Å². The first-order valence-corrected chi connectivity index (χ1v) is 6.95. The molecule has 0 aliphatic heterocycles. The summed E-state index contributed by atoms with van der Waals surface area (Å²) in [6, 6.07) is 1.41. The molecule has 1 aromatic heterocycles. The minimum absolute atomic E-state index is 0.0725. The zero-order valence-corrected chi connectivity index (χ0v) is 13.1. The molecule has 0 N–H and O–H groups in total. The lowest BCUT2D eigenvalue weighted by Gasteiger charge is -2.28. The Labute approximate surface area is 128 Å². The quantitative estimate of drug-likeness (QED) is 0.814. The number of methoxy groups -OCH3 is 2. The maximum atomic E-state index is 15.0. The molecule has 1 aromatic rings. The largest absolute Gasteiger partial charge is 0.481 e. The average molecular weight is 313 g/mol. The molecular weight excluding hydrogens is 293 g/mol. The van der Waals surface area contributed by atoms with Crippen LogP contribution >= 0.6 is 0 Å². The van der Waals surface area contributed by atoms with Crippen LogP contribution in [0.3, 0.4) is 0 Å². The SMILES string of the molecule is COc1cc(OC)nc(OC2CCCC2(F)C(=O)N(C)C)n1. The molecule has 0 aromatic carbocycles. The minimum atomic E-state index is -2.07. The van der Waals surface area contributed by atoms with Gasteiger partial charge >= 0.3 is 6.01 Å². The Hall–Kier alpha value is -2.12.